The van der Waals surface area contributed by atoms with Crippen LogP contribution in [-0.2, 0) is 13.6 Å². The highest BCUT2D eigenvalue weighted by Crippen LogP contribution is 2.38. The quantitative estimate of drug-likeness (QED) is 0.346. The second kappa shape index (κ2) is 11.4. The van der Waals surface area contributed by atoms with E-state index in [1.165, 1.54) is 7.11 Å². The average molecular weight is 229 g/mol. The zero-order chi connectivity index (χ0) is 11.4. The fourth-order valence-electron chi connectivity index (χ4n) is 0.777. The van der Waals surface area contributed by atoms with Gasteiger partial charge in [-0.15, -0.1) is 12.3 Å². The van der Waals surface area contributed by atoms with Gasteiger partial charge in [0.2, 0.25) is 0 Å². The molecule has 5 heteroatoms. The fraction of sp³-hybridized carbons (Fsp3) is 0.700. The minimum absolute atomic E-state index is 0.348. The number of hydrogen-bond acceptors (Lipinski definition) is 4. The molecule has 0 bridgehead atoms. The lowest BCUT2D eigenvalue weighted by Gasteiger charge is -2.13. The molecule has 0 rings (SSSR count). The maximum atomic E-state index is 8.30. The van der Waals surface area contributed by atoms with E-state index in [0.717, 1.165) is 19.3 Å². The number of nitrogens with zero attached hydrogens (tertiary/aromatic N) is 1. The molecular weight excluding hydrogens is 213 g/mol. The Balaban J connectivity index is 3.37. The number of hydrogen-bond donors (Lipinski definition) is 0. The van der Waals surface area contributed by atoms with E-state index < -0.39 is 8.60 Å². The lowest BCUT2D eigenvalue weighted by molar-refractivity contribution is 0.181. The van der Waals surface area contributed by atoms with Gasteiger partial charge in [-0.05, 0) is 12.8 Å². The molecule has 0 saturated carbocycles. The normalized spacial score (nSPS) is 11.7. The van der Waals surface area contributed by atoms with Crippen molar-refractivity contribution in [2.24, 2.45) is 0 Å². The van der Waals surface area contributed by atoms with E-state index in [-0.39, 0.29) is 0 Å². The molecule has 0 aromatic carbocycles. The number of rotatable bonds is 9. The van der Waals surface area contributed by atoms with Crippen LogP contribution in [0, 0.1) is 23.7 Å². The minimum Gasteiger partial charge on any atom is -0.316 e. The molecule has 0 aliphatic carbocycles. The first-order valence-corrected chi connectivity index (χ1v) is 5.85. The molecular formula is C10H16NO3P. The van der Waals surface area contributed by atoms with Gasteiger partial charge in [0.1, 0.15) is 0 Å². The molecule has 0 saturated heterocycles. The molecule has 0 fully saturated rings. The van der Waals surface area contributed by atoms with Crippen LogP contribution in [0.15, 0.2) is 0 Å². The van der Waals surface area contributed by atoms with Crippen molar-refractivity contribution in [1.82, 2.24) is 0 Å². The zero-order valence-corrected chi connectivity index (χ0v) is 9.83. The van der Waals surface area contributed by atoms with E-state index in [1.807, 2.05) is 6.07 Å². The maximum absolute atomic E-state index is 8.30. The molecule has 0 heterocycles. The van der Waals surface area contributed by atoms with Gasteiger partial charge in [0.05, 0.1) is 25.7 Å². The van der Waals surface area contributed by atoms with Gasteiger partial charge < -0.3 is 13.6 Å². The second-order valence-corrected chi connectivity index (χ2v) is 3.97. The van der Waals surface area contributed by atoms with Crippen LogP contribution < -0.4 is 0 Å². The van der Waals surface area contributed by atoms with Crippen LogP contribution in [0.25, 0.3) is 0 Å². The van der Waals surface area contributed by atoms with Gasteiger partial charge in [0, 0.05) is 13.5 Å². The van der Waals surface area contributed by atoms with Crippen molar-refractivity contribution in [2.45, 2.75) is 25.7 Å². The Morgan fingerprint density at radius 1 is 1.20 bits per heavy atom. The largest absolute Gasteiger partial charge is 0.332 e. The van der Waals surface area contributed by atoms with Gasteiger partial charge >= 0.3 is 8.60 Å². The summed E-state index contributed by atoms with van der Waals surface area (Å²) in [7, 11) is 0.234. The lowest BCUT2D eigenvalue weighted by Crippen LogP contribution is -1.96. The van der Waals surface area contributed by atoms with Crippen LogP contribution >= 0.6 is 8.60 Å². The lowest BCUT2D eigenvalue weighted by atomic mass is 10.2. The summed E-state index contributed by atoms with van der Waals surface area (Å²) in [5.74, 6) is 2.56. The fourth-order valence-corrected chi connectivity index (χ4v) is 1.58. The summed E-state index contributed by atoms with van der Waals surface area (Å²) in [6.45, 7) is 0.925. The SMILES string of the molecule is C#CCCCCOP(OC)OCCC#N. The van der Waals surface area contributed by atoms with Gasteiger partial charge in [0.25, 0.3) is 0 Å². The van der Waals surface area contributed by atoms with Crippen molar-refractivity contribution in [3.8, 4) is 18.4 Å². The molecule has 0 spiro atoms. The summed E-state index contributed by atoms with van der Waals surface area (Å²) in [4.78, 5) is 0. The van der Waals surface area contributed by atoms with Crippen molar-refractivity contribution in [3.63, 3.8) is 0 Å². The van der Waals surface area contributed by atoms with Gasteiger partial charge in [-0.2, -0.15) is 5.26 Å². The third-order valence-electron chi connectivity index (χ3n) is 1.47. The Morgan fingerprint density at radius 3 is 2.53 bits per heavy atom. The van der Waals surface area contributed by atoms with Crippen molar-refractivity contribution >= 4 is 8.60 Å². The number of terminal acetylenes is 1. The smallest absolute Gasteiger partial charge is 0.316 e. The summed E-state index contributed by atoms with van der Waals surface area (Å²) in [6.07, 6.45) is 8.07. The van der Waals surface area contributed by atoms with Crippen LogP contribution in [0.2, 0.25) is 0 Å². The molecule has 0 N–H and O–H groups in total. The predicted octanol–water partition coefficient (Wildman–Crippen LogP) is 2.61. The van der Waals surface area contributed by atoms with Crippen LogP contribution in [0.3, 0.4) is 0 Å². The molecule has 0 aliphatic heterocycles. The highest BCUT2D eigenvalue weighted by molar-refractivity contribution is 7.41. The first-order chi connectivity index (χ1) is 7.35. The Kier molecular flexibility index (Phi) is 10.9. The molecule has 0 radical (unpaired) electrons. The predicted molar refractivity (Wildman–Crippen MR) is 58.7 cm³/mol. The Hall–Kier alpha value is -0.640. The molecule has 84 valence electrons. The van der Waals surface area contributed by atoms with Gasteiger partial charge in [-0.3, -0.25) is 0 Å². The van der Waals surface area contributed by atoms with Crippen molar-refractivity contribution in [2.75, 3.05) is 20.3 Å². The van der Waals surface area contributed by atoms with E-state index in [9.17, 15) is 0 Å². The summed E-state index contributed by atoms with van der Waals surface area (Å²) >= 11 is 0. The van der Waals surface area contributed by atoms with Gasteiger partial charge in [0.15, 0.2) is 0 Å². The van der Waals surface area contributed by atoms with Gasteiger partial charge in [-0.1, -0.05) is 0 Å². The van der Waals surface area contributed by atoms with Crippen LogP contribution in [0.5, 0.6) is 0 Å². The molecule has 15 heavy (non-hydrogen) atoms. The minimum atomic E-state index is -1.29. The summed E-state index contributed by atoms with van der Waals surface area (Å²) in [5, 5.41) is 8.30. The molecule has 0 amide bonds. The molecule has 0 aromatic heterocycles. The monoisotopic (exact) mass is 229 g/mol. The van der Waals surface area contributed by atoms with E-state index in [4.69, 9.17) is 25.3 Å². The summed E-state index contributed by atoms with van der Waals surface area (Å²) < 4.78 is 15.5. The summed E-state index contributed by atoms with van der Waals surface area (Å²) in [5.41, 5.74) is 0. The third-order valence-corrected chi connectivity index (χ3v) is 2.56. The standard InChI is InChI=1S/C10H16NO3P/c1-3-4-5-6-9-13-15(12-2)14-10-7-8-11/h1H,4-7,9-10H2,2H3. The van der Waals surface area contributed by atoms with Crippen molar-refractivity contribution in [1.29, 1.82) is 5.26 Å². The topological polar surface area (TPSA) is 51.5 Å². The molecule has 1 unspecified atom stereocenters. The number of nitriles is 1. The molecule has 0 aromatic rings. The second-order valence-electron chi connectivity index (χ2n) is 2.64. The van der Waals surface area contributed by atoms with Gasteiger partial charge in [-0.25, -0.2) is 0 Å². The molecule has 4 nitrogen and oxygen atoms in total. The molecule has 0 aliphatic rings. The average Bonchev–Trinajstić information content (AvgIpc) is 2.26. The van der Waals surface area contributed by atoms with Crippen LogP contribution in [0.4, 0.5) is 0 Å². The Labute approximate surface area is 92.5 Å². The van der Waals surface area contributed by atoms with Crippen LogP contribution in [-0.4, -0.2) is 20.3 Å². The van der Waals surface area contributed by atoms with E-state index in [0.29, 0.717) is 19.6 Å². The zero-order valence-electron chi connectivity index (χ0n) is 8.94. The highest BCUT2D eigenvalue weighted by Gasteiger charge is 2.08. The third kappa shape index (κ3) is 9.66. The van der Waals surface area contributed by atoms with E-state index >= 15 is 0 Å². The molecule has 1 atom stereocenters. The Morgan fingerprint density at radius 2 is 1.93 bits per heavy atom. The Bertz CT molecular complexity index is 222. The first-order valence-electron chi connectivity index (χ1n) is 4.75. The van der Waals surface area contributed by atoms with Crippen LogP contribution in [0.1, 0.15) is 25.7 Å². The number of unbranched alkanes of at least 4 members (excludes halogenated alkanes) is 2. The summed E-state index contributed by atoms with van der Waals surface area (Å²) in [6, 6.07) is 1.98. The van der Waals surface area contributed by atoms with Crippen molar-refractivity contribution < 1.29 is 13.6 Å². The van der Waals surface area contributed by atoms with E-state index in [1.54, 1.807) is 0 Å². The maximum Gasteiger partial charge on any atom is 0.332 e. The first kappa shape index (κ1) is 14.4. The highest BCUT2D eigenvalue weighted by atomic mass is 31.2. The van der Waals surface area contributed by atoms with E-state index in [2.05, 4.69) is 5.92 Å². The van der Waals surface area contributed by atoms with Crippen molar-refractivity contribution in [3.05, 3.63) is 0 Å².